The summed E-state index contributed by atoms with van der Waals surface area (Å²) in [6.07, 6.45) is 1.91. The molecule has 1 aromatic carbocycles. The zero-order valence-corrected chi connectivity index (χ0v) is 8.79. The van der Waals surface area contributed by atoms with Crippen LogP contribution in [-0.2, 0) is 4.79 Å². The molecule has 82 valence electrons. The molecule has 1 unspecified atom stereocenters. The quantitative estimate of drug-likeness (QED) is 0.662. The monoisotopic (exact) mass is 215 g/mol. The average molecular weight is 215 g/mol. The second-order valence-electron chi connectivity index (χ2n) is 3.97. The largest absolute Gasteiger partial charge is 0.361 e. The Hall–Kier alpha value is -1.81. The molecule has 1 aliphatic heterocycles. The first kappa shape index (κ1) is 9.42. The van der Waals surface area contributed by atoms with Gasteiger partial charge in [0.2, 0.25) is 5.91 Å². The van der Waals surface area contributed by atoms with E-state index in [1.54, 1.807) is 0 Å². The molecule has 0 bridgehead atoms. The summed E-state index contributed by atoms with van der Waals surface area (Å²) >= 11 is 0. The summed E-state index contributed by atoms with van der Waals surface area (Å²) in [7, 11) is 0. The number of H-pyrrole nitrogens is 1. The highest BCUT2D eigenvalue weighted by molar-refractivity contribution is 5.92. The van der Waals surface area contributed by atoms with Gasteiger partial charge in [-0.3, -0.25) is 4.79 Å². The average Bonchev–Trinajstić information content (AvgIpc) is 2.74. The van der Waals surface area contributed by atoms with Crippen LogP contribution in [0.2, 0.25) is 0 Å². The molecule has 0 spiro atoms. The van der Waals surface area contributed by atoms with Gasteiger partial charge in [0, 0.05) is 35.8 Å². The molecule has 1 saturated heterocycles. The number of aromatic amines is 1. The SMILES string of the molecule is O=C1NCCNC1c1c[nH]c2ccccc12. The summed E-state index contributed by atoms with van der Waals surface area (Å²) in [6.45, 7) is 1.52. The standard InChI is InChI=1S/C12H13N3O/c16-12-11(13-5-6-14-12)9-7-15-10-4-2-1-3-8(9)10/h1-4,7,11,13,15H,5-6H2,(H,14,16). The van der Waals surface area contributed by atoms with Crippen molar-refractivity contribution in [3.63, 3.8) is 0 Å². The Morgan fingerprint density at radius 1 is 1.19 bits per heavy atom. The lowest BCUT2D eigenvalue weighted by molar-refractivity contribution is -0.124. The van der Waals surface area contributed by atoms with E-state index in [2.05, 4.69) is 15.6 Å². The molecular formula is C12H13N3O. The number of carbonyl (C=O) groups excluding carboxylic acids is 1. The van der Waals surface area contributed by atoms with E-state index < -0.39 is 0 Å². The molecule has 1 atom stereocenters. The molecule has 2 aromatic rings. The topological polar surface area (TPSA) is 56.9 Å². The third kappa shape index (κ3) is 1.39. The van der Waals surface area contributed by atoms with E-state index in [9.17, 15) is 4.79 Å². The van der Waals surface area contributed by atoms with Crippen LogP contribution in [0.3, 0.4) is 0 Å². The predicted octanol–water partition coefficient (Wildman–Crippen LogP) is 0.928. The van der Waals surface area contributed by atoms with E-state index >= 15 is 0 Å². The fourth-order valence-corrected chi connectivity index (χ4v) is 2.18. The summed E-state index contributed by atoms with van der Waals surface area (Å²) in [5, 5.41) is 7.21. The number of carbonyl (C=O) groups is 1. The molecule has 1 fully saturated rings. The zero-order chi connectivity index (χ0) is 11.0. The molecular weight excluding hydrogens is 202 g/mol. The first-order chi connectivity index (χ1) is 7.86. The highest BCUT2D eigenvalue weighted by atomic mass is 16.2. The van der Waals surface area contributed by atoms with Crippen LogP contribution >= 0.6 is 0 Å². The fraction of sp³-hybridized carbons (Fsp3) is 0.250. The van der Waals surface area contributed by atoms with Gasteiger partial charge in [0.05, 0.1) is 0 Å². The molecule has 0 saturated carbocycles. The van der Waals surface area contributed by atoms with Crippen molar-refractivity contribution < 1.29 is 4.79 Å². The van der Waals surface area contributed by atoms with E-state index in [-0.39, 0.29) is 11.9 Å². The first-order valence-electron chi connectivity index (χ1n) is 5.43. The normalized spacial score (nSPS) is 21.0. The summed E-state index contributed by atoms with van der Waals surface area (Å²) in [5.41, 5.74) is 2.09. The molecule has 4 heteroatoms. The number of rotatable bonds is 1. The minimum absolute atomic E-state index is 0.0519. The number of piperazine rings is 1. The van der Waals surface area contributed by atoms with Gasteiger partial charge in [0.15, 0.2) is 0 Å². The van der Waals surface area contributed by atoms with Crippen molar-refractivity contribution >= 4 is 16.8 Å². The minimum atomic E-state index is -0.232. The summed E-state index contributed by atoms with van der Waals surface area (Å²) in [6, 6.07) is 7.78. The number of benzene rings is 1. The molecule has 2 heterocycles. The van der Waals surface area contributed by atoms with Crippen LogP contribution in [0.4, 0.5) is 0 Å². The lowest BCUT2D eigenvalue weighted by atomic mass is 10.0. The Kier molecular flexibility index (Phi) is 2.15. The predicted molar refractivity (Wildman–Crippen MR) is 62.1 cm³/mol. The number of para-hydroxylation sites is 1. The molecule has 3 N–H and O–H groups in total. The number of aromatic nitrogens is 1. The van der Waals surface area contributed by atoms with Crippen molar-refractivity contribution in [3.05, 3.63) is 36.0 Å². The molecule has 1 amide bonds. The highest BCUT2D eigenvalue weighted by Gasteiger charge is 2.25. The molecule has 1 aromatic heterocycles. The van der Waals surface area contributed by atoms with Crippen LogP contribution in [0.1, 0.15) is 11.6 Å². The second kappa shape index (κ2) is 3.64. The van der Waals surface area contributed by atoms with Crippen LogP contribution in [0.15, 0.2) is 30.5 Å². The first-order valence-corrected chi connectivity index (χ1v) is 5.43. The van der Waals surface area contributed by atoms with E-state index in [0.717, 1.165) is 23.0 Å². The van der Waals surface area contributed by atoms with E-state index in [1.807, 2.05) is 30.5 Å². The van der Waals surface area contributed by atoms with Crippen LogP contribution in [0.25, 0.3) is 10.9 Å². The summed E-state index contributed by atoms with van der Waals surface area (Å²) in [5.74, 6) is 0.0519. The Labute approximate surface area is 93.0 Å². The molecule has 3 rings (SSSR count). The van der Waals surface area contributed by atoms with Crippen molar-refractivity contribution in [2.24, 2.45) is 0 Å². The number of fused-ring (bicyclic) bond motifs is 1. The number of amides is 1. The van der Waals surface area contributed by atoms with Gasteiger partial charge in [-0.25, -0.2) is 0 Å². The third-order valence-corrected chi connectivity index (χ3v) is 2.97. The highest BCUT2D eigenvalue weighted by Crippen LogP contribution is 2.24. The molecule has 0 radical (unpaired) electrons. The summed E-state index contributed by atoms with van der Waals surface area (Å²) < 4.78 is 0. The number of hydrogen-bond acceptors (Lipinski definition) is 2. The van der Waals surface area contributed by atoms with E-state index in [1.165, 1.54) is 0 Å². The zero-order valence-electron chi connectivity index (χ0n) is 8.79. The van der Waals surface area contributed by atoms with Gasteiger partial charge < -0.3 is 15.6 Å². The summed E-state index contributed by atoms with van der Waals surface area (Å²) in [4.78, 5) is 14.9. The Bertz CT molecular complexity index is 532. The van der Waals surface area contributed by atoms with Gasteiger partial charge in [0.25, 0.3) is 0 Å². The third-order valence-electron chi connectivity index (χ3n) is 2.97. The van der Waals surface area contributed by atoms with Crippen molar-refractivity contribution in [3.8, 4) is 0 Å². The van der Waals surface area contributed by atoms with Gasteiger partial charge in [-0.15, -0.1) is 0 Å². The van der Waals surface area contributed by atoms with Gasteiger partial charge >= 0.3 is 0 Å². The van der Waals surface area contributed by atoms with Crippen molar-refractivity contribution in [1.29, 1.82) is 0 Å². The van der Waals surface area contributed by atoms with Gasteiger partial charge in [-0.05, 0) is 6.07 Å². The lowest BCUT2D eigenvalue weighted by Crippen LogP contribution is -2.47. The Morgan fingerprint density at radius 3 is 2.94 bits per heavy atom. The minimum Gasteiger partial charge on any atom is -0.361 e. The Morgan fingerprint density at radius 2 is 2.06 bits per heavy atom. The van der Waals surface area contributed by atoms with E-state index in [0.29, 0.717) is 6.54 Å². The second-order valence-corrected chi connectivity index (χ2v) is 3.97. The van der Waals surface area contributed by atoms with E-state index in [4.69, 9.17) is 0 Å². The Balaban J connectivity index is 2.08. The fourth-order valence-electron chi connectivity index (χ4n) is 2.18. The van der Waals surface area contributed by atoms with Gasteiger partial charge in [-0.1, -0.05) is 18.2 Å². The molecule has 16 heavy (non-hydrogen) atoms. The van der Waals surface area contributed by atoms with Crippen LogP contribution in [0, 0.1) is 0 Å². The van der Waals surface area contributed by atoms with Crippen LogP contribution in [0.5, 0.6) is 0 Å². The van der Waals surface area contributed by atoms with Crippen LogP contribution < -0.4 is 10.6 Å². The van der Waals surface area contributed by atoms with Crippen molar-refractivity contribution in [1.82, 2.24) is 15.6 Å². The van der Waals surface area contributed by atoms with Gasteiger partial charge in [-0.2, -0.15) is 0 Å². The maximum Gasteiger partial charge on any atom is 0.241 e. The smallest absolute Gasteiger partial charge is 0.241 e. The maximum absolute atomic E-state index is 11.7. The molecule has 4 nitrogen and oxygen atoms in total. The van der Waals surface area contributed by atoms with Gasteiger partial charge in [0.1, 0.15) is 6.04 Å². The number of nitrogens with one attached hydrogen (secondary N) is 3. The van der Waals surface area contributed by atoms with Crippen molar-refractivity contribution in [2.45, 2.75) is 6.04 Å². The molecule has 0 aliphatic carbocycles. The maximum atomic E-state index is 11.7. The lowest BCUT2D eigenvalue weighted by Gasteiger charge is -2.23. The number of hydrogen-bond donors (Lipinski definition) is 3. The van der Waals surface area contributed by atoms with Crippen molar-refractivity contribution in [2.75, 3.05) is 13.1 Å². The molecule has 1 aliphatic rings. The van der Waals surface area contributed by atoms with Crippen LogP contribution in [-0.4, -0.2) is 24.0 Å².